The second kappa shape index (κ2) is 7.28. The normalized spacial score (nSPS) is 11.0. The molecule has 0 fully saturated rings. The van der Waals surface area contributed by atoms with Crippen molar-refractivity contribution in [2.75, 3.05) is 13.7 Å². The van der Waals surface area contributed by atoms with E-state index in [1.54, 1.807) is 26.2 Å². The lowest BCUT2D eigenvalue weighted by atomic mass is 10.1. The topological polar surface area (TPSA) is 68.1 Å². The van der Waals surface area contributed by atoms with Crippen LogP contribution in [0.5, 0.6) is 11.5 Å². The van der Waals surface area contributed by atoms with E-state index in [0.29, 0.717) is 28.5 Å². The van der Waals surface area contributed by atoms with Crippen LogP contribution in [0.3, 0.4) is 0 Å². The summed E-state index contributed by atoms with van der Waals surface area (Å²) in [6.07, 6.45) is 1.52. The fraction of sp³-hybridized carbons (Fsp3) is 0.294. The van der Waals surface area contributed by atoms with Gasteiger partial charge in [0.15, 0.2) is 0 Å². The Bertz CT molecular complexity index is 749. The van der Waals surface area contributed by atoms with Crippen LogP contribution in [-0.4, -0.2) is 31.0 Å². The first-order valence-electron chi connectivity index (χ1n) is 7.16. The van der Waals surface area contributed by atoms with Crippen molar-refractivity contribution in [2.24, 2.45) is 4.99 Å². The molecule has 0 amide bonds. The number of hydrogen-bond donors (Lipinski definition) is 1. The van der Waals surface area contributed by atoms with Crippen LogP contribution in [0.4, 0.5) is 5.00 Å². The van der Waals surface area contributed by atoms with Gasteiger partial charge in [0.1, 0.15) is 16.5 Å². The number of nitrogens with zero attached hydrogens (tertiary/aromatic N) is 1. The Labute approximate surface area is 139 Å². The summed E-state index contributed by atoms with van der Waals surface area (Å²) >= 11 is 1.42. The van der Waals surface area contributed by atoms with E-state index in [1.807, 2.05) is 13.8 Å². The van der Waals surface area contributed by atoms with E-state index >= 15 is 0 Å². The zero-order valence-electron chi connectivity index (χ0n) is 13.5. The van der Waals surface area contributed by atoms with Gasteiger partial charge in [-0.2, -0.15) is 0 Å². The molecule has 0 unspecified atom stereocenters. The number of methoxy groups -OCH3 is 1. The van der Waals surface area contributed by atoms with Gasteiger partial charge in [0.25, 0.3) is 0 Å². The number of carbonyl (C=O) groups excluding carboxylic acids is 1. The van der Waals surface area contributed by atoms with Crippen LogP contribution in [0, 0.1) is 13.8 Å². The monoisotopic (exact) mass is 333 g/mol. The van der Waals surface area contributed by atoms with Crippen molar-refractivity contribution >= 4 is 28.5 Å². The van der Waals surface area contributed by atoms with Crippen molar-refractivity contribution in [3.63, 3.8) is 0 Å². The van der Waals surface area contributed by atoms with Gasteiger partial charge >= 0.3 is 5.97 Å². The molecule has 0 bridgehead atoms. The maximum absolute atomic E-state index is 12.1. The number of aromatic hydroxyl groups is 1. The van der Waals surface area contributed by atoms with E-state index in [0.717, 1.165) is 10.4 Å². The molecule has 0 aliphatic rings. The maximum atomic E-state index is 12.1. The fourth-order valence-corrected chi connectivity index (χ4v) is 3.02. The Hall–Kier alpha value is -2.34. The second-order valence-corrected chi connectivity index (χ2v) is 6.07. The number of phenolic OH excluding ortho intramolecular Hbond substituents is 1. The van der Waals surface area contributed by atoms with Crippen molar-refractivity contribution in [2.45, 2.75) is 20.8 Å². The summed E-state index contributed by atoms with van der Waals surface area (Å²) < 4.78 is 10.2. The number of thiophene rings is 1. The molecule has 2 rings (SSSR count). The van der Waals surface area contributed by atoms with Gasteiger partial charge in [0.05, 0.1) is 19.3 Å². The molecule has 0 saturated carbocycles. The summed E-state index contributed by atoms with van der Waals surface area (Å²) in [4.78, 5) is 17.5. The third kappa shape index (κ3) is 3.71. The summed E-state index contributed by atoms with van der Waals surface area (Å²) in [6, 6.07) is 4.88. The lowest BCUT2D eigenvalue weighted by Gasteiger charge is -2.04. The lowest BCUT2D eigenvalue weighted by Crippen LogP contribution is -2.05. The summed E-state index contributed by atoms with van der Waals surface area (Å²) in [5.74, 6) is 0.335. The number of esters is 1. The van der Waals surface area contributed by atoms with Crippen LogP contribution in [0.15, 0.2) is 23.2 Å². The van der Waals surface area contributed by atoms with Crippen LogP contribution < -0.4 is 4.74 Å². The minimum Gasteiger partial charge on any atom is -0.507 e. The van der Waals surface area contributed by atoms with Gasteiger partial charge in [-0.1, -0.05) is 0 Å². The lowest BCUT2D eigenvalue weighted by molar-refractivity contribution is 0.0527. The van der Waals surface area contributed by atoms with Crippen LogP contribution in [0.25, 0.3) is 0 Å². The minimum atomic E-state index is -0.378. The third-order valence-electron chi connectivity index (χ3n) is 3.40. The van der Waals surface area contributed by atoms with Gasteiger partial charge in [0, 0.05) is 16.7 Å². The molecule has 0 aliphatic heterocycles. The van der Waals surface area contributed by atoms with E-state index in [1.165, 1.54) is 23.6 Å². The summed E-state index contributed by atoms with van der Waals surface area (Å²) in [7, 11) is 1.55. The summed E-state index contributed by atoms with van der Waals surface area (Å²) in [6.45, 7) is 5.89. The van der Waals surface area contributed by atoms with Crippen molar-refractivity contribution in [3.05, 3.63) is 39.8 Å². The first-order valence-corrected chi connectivity index (χ1v) is 7.97. The van der Waals surface area contributed by atoms with Crippen molar-refractivity contribution in [1.82, 2.24) is 0 Å². The number of aliphatic imine (C=N–C) groups is 1. The third-order valence-corrected chi connectivity index (χ3v) is 4.52. The summed E-state index contributed by atoms with van der Waals surface area (Å²) in [5.41, 5.74) is 1.87. The van der Waals surface area contributed by atoms with Gasteiger partial charge < -0.3 is 14.6 Å². The molecule has 23 heavy (non-hydrogen) atoms. The van der Waals surface area contributed by atoms with Crippen LogP contribution in [0.1, 0.15) is 33.3 Å². The van der Waals surface area contributed by atoms with E-state index in [-0.39, 0.29) is 11.7 Å². The molecule has 6 heteroatoms. The highest BCUT2D eigenvalue weighted by atomic mass is 32.1. The minimum absolute atomic E-state index is 0.0947. The predicted octanol–water partition coefficient (Wildman–Crippen LogP) is 4.01. The quantitative estimate of drug-likeness (QED) is 0.663. The van der Waals surface area contributed by atoms with Crippen molar-refractivity contribution in [3.8, 4) is 11.5 Å². The number of phenols is 1. The zero-order valence-corrected chi connectivity index (χ0v) is 14.4. The summed E-state index contributed by atoms with van der Waals surface area (Å²) in [5, 5.41) is 10.5. The Kier molecular flexibility index (Phi) is 5.39. The highest BCUT2D eigenvalue weighted by Gasteiger charge is 2.20. The van der Waals surface area contributed by atoms with Crippen LogP contribution in [-0.2, 0) is 4.74 Å². The van der Waals surface area contributed by atoms with E-state index in [9.17, 15) is 9.90 Å². The van der Waals surface area contributed by atoms with E-state index < -0.39 is 0 Å². The predicted molar refractivity (Wildman–Crippen MR) is 91.7 cm³/mol. The Morgan fingerprint density at radius 1 is 1.39 bits per heavy atom. The standard InChI is InChI=1S/C17H19NO4S/c1-5-22-17(20)15-10(2)11(3)23-16(15)18-9-12-8-13(21-4)6-7-14(12)19/h6-9,19H,5H2,1-4H3/b18-9+. The first kappa shape index (κ1) is 17.0. The molecular weight excluding hydrogens is 314 g/mol. The number of hydrogen-bond acceptors (Lipinski definition) is 6. The zero-order chi connectivity index (χ0) is 17.0. The molecule has 1 aromatic heterocycles. The second-order valence-electron chi connectivity index (χ2n) is 4.87. The van der Waals surface area contributed by atoms with Gasteiger partial charge in [-0.05, 0) is 44.5 Å². The van der Waals surface area contributed by atoms with Gasteiger partial charge in [-0.15, -0.1) is 11.3 Å². The molecule has 0 aliphatic carbocycles. The molecular formula is C17H19NO4S. The maximum Gasteiger partial charge on any atom is 0.341 e. The van der Waals surface area contributed by atoms with Crippen molar-refractivity contribution in [1.29, 1.82) is 0 Å². The van der Waals surface area contributed by atoms with Gasteiger partial charge in [-0.3, -0.25) is 0 Å². The molecule has 122 valence electrons. The Balaban J connectivity index is 2.40. The highest BCUT2D eigenvalue weighted by Crippen LogP contribution is 2.35. The first-order chi connectivity index (χ1) is 11.0. The fourth-order valence-electron chi connectivity index (χ4n) is 2.03. The van der Waals surface area contributed by atoms with E-state index in [4.69, 9.17) is 9.47 Å². The largest absolute Gasteiger partial charge is 0.507 e. The molecule has 1 N–H and O–H groups in total. The highest BCUT2D eigenvalue weighted by molar-refractivity contribution is 7.16. The van der Waals surface area contributed by atoms with Gasteiger partial charge in [-0.25, -0.2) is 9.79 Å². The smallest absolute Gasteiger partial charge is 0.341 e. The average Bonchev–Trinajstić information content (AvgIpc) is 2.81. The molecule has 0 atom stereocenters. The molecule has 2 aromatic rings. The van der Waals surface area contributed by atoms with E-state index in [2.05, 4.69) is 4.99 Å². The molecule has 0 radical (unpaired) electrons. The van der Waals surface area contributed by atoms with Crippen LogP contribution >= 0.6 is 11.3 Å². The number of ether oxygens (including phenoxy) is 2. The SMILES string of the molecule is CCOC(=O)c1c(/N=C/c2cc(OC)ccc2O)sc(C)c1C. The Morgan fingerprint density at radius 2 is 2.13 bits per heavy atom. The molecule has 5 nitrogen and oxygen atoms in total. The average molecular weight is 333 g/mol. The number of carbonyl (C=O) groups is 1. The molecule has 1 aromatic carbocycles. The number of rotatable bonds is 5. The molecule has 0 saturated heterocycles. The molecule has 0 spiro atoms. The van der Waals surface area contributed by atoms with Crippen molar-refractivity contribution < 1.29 is 19.4 Å². The number of aryl methyl sites for hydroxylation is 1. The van der Waals surface area contributed by atoms with Crippen LogP contribution in [0.2, 0.25) is 0 Å². The van der Waals surface area contributed by atoms with Gasteiger partial charge in [0.2, 0.25) is 0 Å². The molecule has 1 heterocycles. The number of benzene rings is 1. The Morgan fingerprint density at radius 3 is 2.78 bits per heavy atom.